The normalized spacial score (nSPS) is 14.7. The second kappa shape index (κ2) is 6.35. The highest BCUT2D eigenvalue weighted by Crippen LogP contribution is 2.31. The summed E-state index contributed by atoms with van der Waals surface area (Å²) in [6.45, 7) is 5.85. The van der Waals surface area contributed by atoms with E-state index in [1.807, 2.05) is 13.0 Å². The van der Waals surface area contributed by atoms with Gasteiger partial charge in [0, 0.05) is 17.9 Å². The molecule has 2 nitrogen and oxygen atoms in total. The Labute approximate surface area is 128 Å². The molecule has 0 saturated carbocycles. The molecule has 0 spiro atoms. The predicted molar refractivity (Wildman–Crippen MR) is 86.4 cm³/mol. The van der Waals surface area contributed by atoms with Crippen LogP contribution >= 0.6 is 23.4 Å². The zero-order chi connectivity index (χ0) is 14.9. The van der Waals surface area contributed by atoms with Crippen LogP contribution in [0, 0.1) is 12.7 Å². The van der Waals surface area contributed by atoms with E-state index in [9.17, 15) is 4.39 Å². The van der Waals surface area contributed by atoms with E-state index in [4.69, 9.17) is 11.6 Å². The van der Waals surface area contributed by atoms with Crippen molar-refractivity contribution in [2.45, 2.75) is 38.6 Å². The summed E-state index contributed by atoms with van der Waals surface area (Å²) in [4.78, 5) is 4.55. The summed E-state index contributed by atoms with van der Waals surface area (Å²) in [6, 6.07) is 3.72. The maximum Gasteiger partial charge on any atom is 0.128 e. The van der Waals surface area contributed by atoms with E-state index < -0.39 is 0 Å². The second-order valence-corrected chi connectivity index (χ2v) is 6.63. The van der Waals surface area contributed by atoms with E-state index in [0.29, 0.717) is 17.1 Å². The highest BCUT2D eigenvalue weighted by Gasteiger charge is 2.21. The number of hydrogen-bond acceptors (Lipinski definition) is 2. The lowest BCUT2D eigenvalue weighted by Gasteiger charge is -2.20. The lowest BCUT2D eigenvalue weighted by atomic mass is 10.2. The molecule has 0 aliphatic heterocycles. The van der Waals surface area contributed by atoms with Crippen LogP contribution in [0.1, 0.15) is 43.1 Å². The maximum atomic E-state index is 13.7. The number of fused-ring (bicyclic) bond motifs is 1. The molecule has 0 N–H and O–H groups in total. The number of nitrogens with zero attached hydrogens (tertiary/aromatic N) is 2. The molecule has 2 atom stereocenters. The molecule has 0 fully saturated rings. The van der Waals surface area contributed by atoms with Crippen molar-refractivity contribution in [1.29, 1.82) is 0 Å². The van der Waals surface area contributed by atoms with Crippen molar-refractivity contribution in [2.24, 2.45) is 0 Å². The van der Waals surface area contributed by atoms with Gasteiger partial charge in [-0.2, -0.15) is 11.8 Å². The SMILES string of the molecule is CCC(CSC)n1c(C(C)Cl)nc2cc(F)c(C)cc21. The Kier molecular flexibility index (Phi) is 4.97. The van der Waals surface area contributed by atoms with Crippen molar-refractivity contribution < 1.29 is 4.39 Å². The van der Waals surface area contributed by atoms with Crippen LogP contribution in [-0.4, -0.2) is 21.6 Å². The summed E-state index contributed by atoms with van der Waals surface area (Å²) in [5, 5.41) is -0.193. The van der Waals surface area contributed by atoms with E-state index in [0.717, 1.165) is 23.5 Å². The molecule has 1 aromatic heterocycles. The average Bonchev–Trinajstić information content (AvgIpc) is 2.75. The third-order valence-electron chi connectivity index (χ3n) is 3.55. The highest BCUT2D eigenvalue weighted by molar-refractivity contribution is 7.98. The fourth-order valence-corrected chi connectivity index (χ4v) is 3.39. The van der Waals surface area contributed by atoms with E-state index >= 15 is 0 Å². The van der Waals surface area contributed by atoms with Crippen molar-refractivity contribution in [3.05, 3.63) is 29.3 Å². The number of thioether (sulfide) groups is 1. The zero-order valence-corrected chi connectivity index (χ0v) is 13.9. The van der Waals surface area contributed by atoms with Gasteiger partial charge in [-0.15, -0.1) is 11.6 Å². The lowest BCUT2D eigenvalue weighted by molar-refractivity contribution is 0.530. The quantitative estimate of drug-likeness (QED) is 0.715. The van der Waals surface area contributed by atoms with Crippen molar-refractivity contribution in [3.8, 4) is 0 Å². The Bertz CT molecular complexity index is 609. The van der Waals surface area contributed by atoms with Crippen molar-refractivity contribution in [1.82, 2.24) is 9.55 Å². The first kappa shape index (κ1) is 15.6. The first-order chi connectivity index (χ1) is 9.49. The molecule has 0 saturated heterocycles. The number of halogens is 2. The Balaban J connectivity index is 2.70. The smallest absolute Gasteiger partial charge is 0.128 e. The molecule has 0 aliphatic rings. The maximum absolute atomic E-state index is 13.7. The van der Waals surface area contributed by atoms with Gasteiger partial charge in [0.25, 0.3) is 0 Å². The van der Waals surface area contributed by atoms with Gasteiger partial charge in [-0.3, -0.25) is 0 Å². The van der Waals surface area contributed by atoms with Gasteiger partial charge in [0.2, 0.25) is 0 Å². The molecule has 110 valence electrons. The van der Waals surface area contributed by atoms with Gasteiger partial charge >= 0.3 is 0 Å². The van der Waals surface area contributed by atoms with E-state index in [2.05, 4.69) is 22.7 Å². The molecule has 1 heterocycles. The number of alkyl halides is 1. The molecule has 2 aromatic rings. The summed E-state index contributed by atoms with van der Waals surface area (Å²) in [7, 11) is 0. The van der Waals surface area contributed by atoms with Gasteiger partial charge in [0.05, 0.1) is 16.4 Å². The Morgan fingerprint density at radius 3 is 2.70 bits per heavy atom. The molecule has 2 rings (SSSR count). The largest absolute Gasteiger partial charge is 0.323 e. The summed E-state index contributed by atoms with van der Waals surface area (Å²) in [6.07, 6.45) is 3.09. The molecule has 0 bridgehead atoms. The molecule has 20 heavy (non-hydrogen) atoms. The molecular formula is C15H20ClFN2S. The zero-order valence-electron chi connectivity index (χ0n) is 12.3. The van der Waals surface area contributed by atoms with Crippen molar-refractivity contribution >= 4 is 34.4 Å². The van der Waals surface area contributed by atoms with Crippen LogP contribution < -0.4 is 0 Å². The van der Waals surface area contributed by atoms with Gasteiger partial charge in [-0.25, -0.2) is 9.37 Å². The number of hydrogen-bond donors (Lipinski definition) is 0. The monoisotopic (exact) mass is 314 g/mol. The topological polar surface area (TPSA) is 17.8 Å². The van der Waals surface area contributed by atoms with Crippen molar-refractivity contribution in [3.63, 3.8) is 0 Å². The minimum Gasteiger partial charge on any atom is -0.323 e. The molecule has 2 unspecified atom stereocenters. The van der Waals surface area contributed by atoms with Gasteiger partial charge < -0.3 is 4.57 Å². The standard InChI is InChI=1S/C15H20ClFN2S/c1-5-11(8-20-4)19-14-6-9(2)12(17)7-13(14)18-15(19)10(3)16/h6-7,10-11H,5,8H2,1-4H3. The number of aryl methyl sites for hydroxylation is 1. The van der Waals surface area contributed by atoms with Crippen LogP contribution in [0.2, 0.25) is 0 Å². The number of benzene rings is 1. The van der Waals surface area contributed by atoms with Gasteiger partial charge in [-0.1, -0.05) is 6.92 Å². The van der Waals surface area contributed by atoms with Crippen LogP contribution in [0.5, 0.6) is 0 Å². The summed E-state index contributed by atoms with van der Waals surface area (Å²) in [5.74, 6) is 1.61. The minimum absolute atomic E-state index is 0.193. The molecule has 1 aromatic carbocycles. The summed E-state index contributed by atoms with van der Waals surface area (Å²) < 4.78 is 15.9. The highest BCUT2D eigenvalue weighted by atomic mass is 35.5. The molecule has 0 aliphatic carbocycles. The van der Waals surface area contributed by atoms with Crippen LogP contribution in [0.25, 0.3) is 11.0 Å². The summed E-state index contributed by atoms with van der Waals surface area (Å²) >= 11 is 8.08. The van der Waals surface area contributed by atoms with E-state index in [1.165, 1.54) is 6.07 Å². The van der Waals surface area contributed by atoms with Gasteiger partial charge in [-0.05, 0) is 38.2 Å². The molecule has 0 amide bonds. The second-order valence-electron chi connectivity index (χ2n) is 5.06. The Hall–Kier alpha value is -0.740. The first-order valence-corrected chi connectivity index (χ1v) is 8.63. The van der Waals surface area contributed by atoms with E-state index in [-0.39, 0.29) is 11.2 Å². The third-order valence-corrected chi connectivity index (χ3v) is 4.46. The number of imidazole rings is 1. The predicted octanol–water partition coefficient (Wildman–Crippen LogP) is 5.10. The Morgan fingerprint density at radius 1 is 1.45 bits per heavy atom. The molecule has 0 radical (unpaired) electrons. The third kappa shape index (κ3) is 2.82. The van der Waals surface area contributed by atoms with Gasteiger partial charge in [0.1, 0.15) is 11.6 Å². The fourth-order valence-electron chi connectivity index (χ4n) is 2.47. The number of aromatic nitrogens is 2. The average molecular weight is 315 g/mol. The molecular weight excluding hydrogens is 295 g/mol. The summed E-state index contributed by atoms with van der Waals surface area (Å²) in [5.41, 5.74) is 2.31. The van der Waals surface area contributed by atoms with Crippen LogP contribution in [0.3, 0.4) is 0 Å². The fraction of sp³-hybridized carbons (Fsp3) is 0.533. The number of rotatable bonds is 5. The van der Waals surface area contributed by atoms with Gasteiger partial charge in [0.15, 0.2) is 0 Å². The van der Waals surface area contributed by atoms with Crippen LogP contribution in [0.4, 0.5) is 4.39 Å². The first-order valence-electron chi connectivity index (χ1n) is 6.80. The van der Waals surface area contributed by atoms with Crippen molar-refractivity contribution in [2.75, 3.05) is 12.0 Å². The van der Waals surface area contributed by atoms with Crippen LogP contribution in [0.15, 0.2) is 12.1 Å². The minimum atomic E-state index is -0.214. The Morgan fingerprint density at radius 2 is 2.15 bits per heavy atom. The molecule has 5 heteroatoms. The van der Waals surface area contributed by atoms with E-state index in [1.54, 1.807) is 18.7 Å². The van der Waals surface area contributed by atoms with Crippen LogP contribution in [-0.2, 0) is 0 Å². The lowest BCUT2D eigenvalue weighted by Crippen LogP contribution is -2.14.